The Balaban J connectivity index is 1.74. The van der Waals surface area contributed by atoms with Crippen molar-refractivity contribution in [2.75, 3.05) is 19.8 Å². The molecule has 1 rings (SSSR count). The van der Waals surface area contributed by atoms with Crippen LogP contribution in [0.4, 0.5) is 22.0 Å². The number of rotatable bonds is 17. The number of ether oxygens (including phenoxy) is 2. The molecule has 1 aliphatic heterocycles. The fourth-order valence-corrected chi connectivity index (χ4v) is 3.47. The van der Waals surface area contributed by atoms with Crippen molar-refractivity contribution in [2.45, 2.75) is 115 Å². The van der Waals surface area contributed by atoms with Crippen molar-refractivity contribution >= 4 is 0 Å². The molecule has 7 heteroatoms. The van der Waals surface area contributed by atoms with Crippen molar-refractivity contribution in [3.8, 4) is 0 Å². The van der Waals surface area contributed by atoms with Crippen LogP contribution in [0.15, 0.2) is 0 Å². The second kappa shape index (κ2) is 14.5. The largest absolute Gasteiger partial charge is 0.453 e. The predicted octanol–water partition coefficient (Wildman–Crippen LogP) is 7.45. The van der Waals surface area contributed by atoms with Gasteiger partial charge in [0, 0.05) is 26.2 Å². The summed E-state index contributed by atoms with van der Waals surface area (Å²) in [5.41, 5.74) is 0. The third-order valence-corrected chi connectivity index (χ3v) is 5.30. The topological polar surface area (TPSA) is 18.5 Å². The Morgan fingerprint density at radius 3 is 1.75 bits per heavy atom. The molecule has 0 amide bonds. The fraction of sp³-hybridized carbons (Fsp3) is 1.00. The van der Waals surface area contributed by atoms with E-state index >= 15 is 0 Å². The van der Waals surface area contributed by atoms with Crippen molar-refractivity contribution < 1.29 is 31.4 Å². The van der Waals surface area contributed by atoms with Crippen LogP contribution < -0.4 is 0 Å². The van der Waals surface area contributed by atoms with Crippen LogP contribution in [0.5, 0.6) is 0 Å². The van der Waals surface area contributed by atoms with Crippen molar-refractivity contribution in [3.63, 3.8) is 0 Å². The molecule has 1 aliphatic rings. The fourth-order valence-electron chi connectivity index (χ4n) is 3.47. The van der Waals surface area contributed by atoms with Crippen LogP contribution in [-0.2, 0) is 9.47 Å². The number of hydrogen-bond donors (Lipinski definition) is 0. The zero-order chi connectivity index (χ0) is 20.7. The molecule has 168 valence electrons. The Bertz CT molecular complexity index is 368. The van der Waals surface area contributed by atoms with Gasteiger partial charge in [0.15, 0.2) is 0 Å². The smallest absolute Gasteiger partial charge is 0.381 e. The summed E-state index contributed by atoms with van der Waals surface area (Å²) < 4.78 is 72.7. The van der Waals surface area contributed by atoms with Crippen molar-refractivity contribution in [1.29, 1.82) is 0 Å². The number of hydrogen-bond acceptors (Lipinski definition) is 2. The maximum Gasteiger partial charge on any atom is 0.453 e. The van der Waals surface area contributed by atoms with E-state index in [1.54, 1.807) is 0 Å². The molecule has 0 N–H and O–H groups in total. The minimum absolute atomic E-state index is 0.0672. The van der Waals surface area contributed by atoms with Gasteiger partial charge in [-0.3, -0.25) is 0 Å². The van der Waals surface area contributed by atoms with Crippen molar-refractivity contribution in [2.24, 2.45) is 0 Å². The van der Waals surface area contributed by atoms with Gasteiger partial charge in [-0.15, -0.1) is 0 Å². The second-order valence-electron chi connectivity index (χ2n) is 7.88. The SMILES string of the molecule is FC(F)(F)C(F)(F)CCCCCCCCCCCCCOCCC1CCCO1. The summed E-state index contributed by atoms with van der Waals surface area (Å²) in [5, 5.41) is 0. The highest BCUT2D eigenvalue weighted by molar-refractivity contribution is 4.75. The van der Waals surface area contributed by atoms with Crippen LogP contribution >= 0.6 is 0 Å². The highest BCUT2D eigenvalue weighted by atomic mass is 19.4. The van der Waals surface area contributed by atoms with E-state index in [9.17, 15) is 22.0 Å². The maximum absolute atomic E-state index is 12.7. The van der Waals surface area contributed by atoms with E-state index in [0.29, 0.717) is 12.5 Å². The van der Waals surface area contributed by atoms with Gasteiger partial charge in [-0.1, -0.05) is 57.8 Å². The summed E-state index contributed by atoms with van der Waals surface area (Å²) in [6, 6.07) is 0. The first-order valence-corrected chi connectivity index (χ1v) is 11.0. The summed E-state index contributed by atoms with van der Waals surface area (Å²) in [4.78, 5) is 0. The Kier molecular flexibility index (Phi) is 13.3. The molecule has 1 heterocycles. The zero-order valence-corrected chi connectivity index (χ0v) is 17.0. The molecule has 0 aromatic heterocycles. The van der Waals surface area contributed by atoms with Crippen LogP contribution in [0.25, 0.3) is 0 Å². The molecule has 0 radical (unpaired) electrons. The first-order chi connectivity index (χ1) is 13.3. The van der Waals surface area contributed by atoms with Crippen LogP contribution in [0.3, 0.4) is 0 Å². The van der Waals surface area contributed by atoms with E-state index in [1.165, 1.54) is 25.7 Å². The summed E-state index contributed by atoms with van der Waals surface area (Å²) in [6.07, 6.45) is 7.21. The molecule has 28 heavy (non-hydrogen) atoms. The molecule has 0 aliphatic carbocycles. The minimum atomic E-state index is -5.41. The van der Waals surface area contributed by atoms with Gasteiger partial charge in [-0.25, -0.2) is 0 Å². The molecule has 1 atom stereocenters. The predicted molar refractivity (Wildman–Crippen MR) is 101 cm³/mol. The highest BCUT2D eigenvalue weighted by Gasteiger charge is 2.56. The summed E-state index contributed by atoms with van der Waals surface area (Å²) >= 11 is 0. The van der Waals surface area contributed by atoms with Gasteiger partial charge in [-0.05, 0) is 32.1 Å². The monoisotopic (exact) mass is 416 g/mol. The van der Waals surface area contributed by atoms with Crippen molar-refractivity contribution in [1.82, 2.24) is 0 Å². The van der Waals surface area contributed by atoms with Crippen LogP contribution in [-0.4, -0.2) is 38.0 Å². The molecule has 0 aromatic carbocycles. The molecule has 0 bridgehead atoms. The van der Waals surface area contributed by atoms with Gasteiger partial charge < -0.3 is 9.47 Å². The lowest BCUT2D eigenvalue weighted by Crippen LogP contribution is -2.36. The number of unbranched alkanes of at least 4 members (excludes halogenated alkanes) is 10. The average molecular weight is 417 g/mol. The summed E-state index contributed by atoms with van der Waals surface area (Å²) in [7, 11) is 0. The normalized spacial score (nSPS) is 18.1. The van der Waals surface area contributed by atoms with E-state index in [4.69, 9.17) is 9.47 Å². The quantitative estimate of drug-likeness (QED) is 0.181. The zero-order valence-electron chi connectivity index (χ0n) is 17.0. The highest BCUT2D eigenvalue weighted by Crippen LogP contribution is 2.39. The first-order valence-electron chi connectivity index (χ1n) is 11.0. The number of halogens is 5. The standard InChI is InChI=1S/C21H37F5O2/c22-20(23,21(24,25)26)15-10-8-6-4-2-1-3-5-7-9-11-16-27-18-14-19-13-12-17-28-19/h19H,1-18H2. The molecular formula is C21H37F5O2. The first kappa shape index (κ1) is 25.6. The van der Waals surface area contributed by atoms with Gasteiger partial charge >= 0.3 is 12.1 Å². The van der Waals surface area contributed by atoms with Gasteiger partial charge in [-0.2, -0.15) is 22.0 Å². The second-order valence-corrected chi connectivity index (χ2v) is 7.88. The molecule has 0 saturated carbocycles. The Hall–Kier alpha value is -0.430. The van der Waals surface area contributed by atoms with E-state index in [-0.39, 0.29) is 6.42 Å². The lowest BCUT2D eigenvalue weighted by atomic mass is 10.0. The molecule has 0 spiro atoms. The van der Waals surface area contributed by atoms with Crippen LogP contribution in [0.2, 0.25) is 0 Å². The average Bonchev–Trinajstić information content (AvgIpc) is 3.13. The molecule has 1 fully saturated rings. The molecule has 0 aromatic rings. The Morgan fingerprint density at radius 2 is 1.25 bits per heavy atom. The third kappa shape index (κ3) is 12.2. The van der Waals surface area contributed by atoms with Gasteiger partial charge in [0.25, 0.3) is 0 Å². The lowest BCUT2D eigenvalue weighted by molar-refractivity contribution is -0.284. The van der Waals surface area contributed by atoms with Gasteiger partial charge in [0.2, 0.25) is 0 Å². The van der Waals surface area contributed by atoms with Gasteiger partial charge in [0.05, 0.1) is 6.10 Å². The van der Waals surface area contributed by atoms with Crippen LogP contribution in [0.1, 0.15) is 96.3 Å². The molecule has 1 unspecified atom stereocenters. The Morgan fingerprint density at radius 1 is 0.714 bits per heavy atom. The molecule has 1 saturated heterocycles. The van der Waals surface area contributed by atoms with Crippen molar-refractivity contribution in [3.05, 3.63) is 0 Å². The Labute approximate surface area is 166 Å². The maximum atomic E-state index is 12.7. The number of alkyl halides is 5. The van der Waals surface area contributed by atoms with E-state index in [0.717, 1.165) is 71.2 Å². The summed E-state index contributed by atoms with van der Waals surface area (Å²) in [6.45, 7) is 2.50. The van der Waals surface area contributed by atoms with E-state index in [1.807, 2.05) is 0 Å². The van der Waals surface area contributed by atoms with E-state index in [2.05, 4.69) is 0 Å². The molecule has 2 nitrogen and oxygen atoms in total. The lowest BCUT2D eigenvalue weighted by Gasteiger charge is -2.19. The third-order valence-electron chi connectivity index (χ3n) is 5.30. The molecular weight excluding hydrogens is 379 g/mol. The van der Waals surface area contributed by atoms with Crippen LogP contribution in [0, 0.1) is 0 Å². The minimum Gasteiger partial charge on any atom is -0.381 e. The van der Waals surface area contributed by atoms with E-state index < -0.39 is 18.5 Å². The van der Waals surface area contributed by atoms with Gasteiger partial charge in [0.1, 0.15) is 0 Å². The summed E-state index contributed by atoms with van der Waals surface area (Å²) in [5.74, 6) is -4.54.